The van der Waals surface area contributed by atoms with E-state index in [4.69, 9.17) is 23.7 Å². The van der Waals surface area contributed by atoms with Gasteiger partial charge >= 0.3 is 5.97 Å². The zero-order valence-electron chi connectivity index (χ0n) is 21.8. The summed E-state index contributed by atoms with van der Waals surface area (Å²) in [5.74, 6) is -0.401. The Kier molecular flexibility index (Phi) is 10.7. The second-order valence-electron chi connectivity index (χ2n) is 9.33. The monoisotopic (exact) mass is 516 g/mol. The average Bonchev–Trinajstić information content (AvgIpc) is 2.94. The zero-order valence-corrected chi connectivity index (χ0v) is 21.8. The fourth-order valence-electron chi connectivity index (χ4n) is 4.60. The molecule has 200 valence electrons. The SMILES string of the molecule is C=CC[C@@H]1O[C@H](COCc2ccccc2)[C@@H](OCc2ccccc2)[C@H](OCc2ccccc2)[C@@H]1OC(C)=O. The topological polar surface area (TPSA) is 63.2 Å². The van der Waals surface area contributed by atoms with Gasteiger partial charge in [-0.2, -0.15) is 0 Å². The molecule has 0 amide bonds. The molecule has 1 saturated heterocycles. The van der Waals surface area contributed by atoms with Crippen molar-refractivity contribution in [3.63, 3.8) is 0 Å². The third kappa shape index (κ3) is 8.10. The Hall–Kier alpha value is -3.29. The van der Waals surface area contributed by atoms with E-state index in [-0.39, 0.29) is 0 Å². The lowest BCUT2D eigenvalue weighted by molar-refractivity contribution is -0.265. The number of benzene rings is 3. The highest BCUT2D eigenvalue weighted by atomic mass is 16.6. The van der Waals surface area contributed by atoms with E-state index >= 15 is 0 Å². The van der Waals surface area contributed by atoms with Gasteiger partial charge in [0.2, 0.25) is 0 Å². The van der Waals surface area contributed by atoms with Gasteiger partial charge in [-0.15, -0.1) is 6.58 Å². The number of rotatable bonds is 13. The van der Waals surface area contributed by atoms with Crippen molar-refractivity contribution in [1.82, 2.24) is 0 Å². The first-order valence-corrected chi connectivity index (χ1v) is 13.0. The predicted molar refractivity (Wildman–Crippen MR) is 145 cm³/mol. The standard InChI is InChI=1S/C32H36O6/c1-3-13-28-31(37-24(2)33)32(36-22-27-18-11-6-12-19-27)30(35-21-26-16-9-5-10-17-26)29(38-28)23-34-20-25-14-7-4-8-15-25/h3-12,14-19,28-32H,1,13,20-23H2,2H3/t28-,29+,30+,31+,32-/m0/s1. The van der Waals surface area contributed by atoms with E-state index < -0.39 is 36.5 Å². The molecule has 0 spiro atoms. The van der Waals surface area contributed by atoms with Crippen LogP contribution in [0.5, 0.6) is 0 Å². The van der Waals surface area contributed by atoms with E-state index in [1.54, 1.807) is 6.08 Å². The highest BCUT2D eigenvalue weighted by molar-refractivity contribution is 5.66. The molecule has 1 aliphatic rings. The van der Waals surface area contributed by atoms with Crippen molar-refractivity contribution >= 4 is 5.97 Å². The molecule has 0 N–H and O–H groups in total. The minimum atomic E-state index is -0.666. The molecular formula is C32H36O6. The normalized spacial score (nSPS) is 23.0. The molecule has 6 heteroatoms. The summed E-state index contributed by atoms with van der Waals surface area (Å²) in [5.41, 5.74) is 3.11. The van der Waals surface area contributed by atoms with Gasteiger partial charge in [-0.3, -0.25) is 4.79 Å². The molecule has 0 saturated carbocycles. The van der Waals surface area contributed by atoms with Crippen molar-refractivity contribution in [2.24, 2.45) is 0 Å². The van der Waals surface area contributed by atoms with Crippen LogP contribution in [0.25, 0.3) is 0 Å². The van der Waals surface area contributed by atoms with E-state index in [1.807, 2.05) is 91.0 Å². The van der Waals surface area contributed by atoms with Crippen LogP contribution in [0, 0.1) is 0 Å². The number of hydrogen-bond acceptors (Lipinski definition) is 6. The first-order chi connectivity index (χ1) is 18.6. The van der Waals surface area contributed by atoms with Crippen molar-refractivity contribution in [2.45, 2.75) is 63.7 Å². The van der Waals surface area contributed by atoms with Gasteiger partial charge in [0.15, 0.2) is 6.10 Å². The number of esters is 1. The smallest absolute Gasteiger partial charge is 0.303 e. The van der Waals surface area contributed by atoms with E-state index in [0.29, 0.717) is 32.8 Å². The van der Waals surface area contributed by atoms with E-state index in [2.05, 4.69) is 6.58 Å². The van der Waals surface area contributed by atoms with Crippen LogP contribution in [0.3, 0.4) is 0 Å². The van der Waals surface area contributed by atoms with Gasteiger partial charge in [-0.1, -0.05) is 97.1 Å². The van der Waals surface area contributed by atoms with E-state index in [9.17, 15) is 4.79 Å². The molecule has 0 aromatic heterocycles. The lowest BCUT2D eigenvalue weighted by atomic mass is 9.92. The molecule has 3 aromatic carbocycles. The van der Waals surface area contributed by atoms with Crippen molar-refractivity contribution < 1.29 is 28.5 Å². The average molecular weight is 517 g/mol. The highest BCUT2D eigenvalue weighted by Gasteiger charge is 2.49. The lowest BCUT2D eigenvalue weighted by Crippen LogP contribution is -2.61. The Morgan fingerprint density at radius 3 is 1.74 bits per heavy atom. The van der Waals surface area contributed by atoms with Crippen LogP contribution >= 0.6 is 0 Å². The molecule has 0 aliphatic carbocycles. The summed E-state index contributed by atoms with van der Waals surface area (Å²) < 4.78 is 31.3. The molecule has 5 atom stereocenters. The van der Waals surface area contributed by atoms with E-state index in [0.717, 1.165) is 16.7 Å². The van der Waals surface area contributed by atoms with Crippen LogP contribution < -0.4 is 0 Å². The fourth-order valence-corrected chi connectivity index (χ4v) is 4.60. The van der Waals surface area contributed by atoms with Crippen molar-refractivity contribution in [2.75, 3.05) is 6.61 Å². The molecule has 0 unspecified atom stereocenters. The maximum absolute atomic E-state index is 12.2. The summed E-state index contributed by atoms with van der Waals surface area (Å²) in [4.78, 5) is 12.2. The van der Waals surface area contributed by atoms with Crippen LogP contribution in [0.15, 0.2) is 104 Å². The van der Waals surface area contributed by atoms with Gasteiger partial charge in [0, 0.05) is 6.92 Å². The Balaban J connectivity index is 1.58. The van der Waals surface area contributed by atoms with Crippen LogP contribution in [-0.2, 0) is 48.3 Å². The summed E-state index contributed by atoms with van der Waals surface area (Å²) in [6.07, 6.45) is -0.419. The molecule has 1 fully saturated rings. The number of carbonyl (C=O) groups excluding carboxylic acids is 1. The van der Waals surface area contributed by atoms with Crippen LogP contribution in [0.2, 0.25) is 0 Å². The summed E-state index contributed by atoms with van der Waals surface area (Å²) in [7, 11) is 0. The zero-order chi connectivity index (χ0) is 26.6. The molecule has 0 radical (unpaired) electrons. The third-order valence-electron chi connectivity index (χ3n) is 6.40. The molecule has 1 heterocycles. The van der Waals surface area contributed by atoms with Crippen LogP contribution in [-0.4, -0.2) is 43.1 Å². The molecule has 38 heavy (non-hydrogen) atoms. The Labute approximate surface area is 225 Å². The highest BCUT2D eigenvalue weighted by Crippen LogP contribution is 2.32. The molecule has 1 aliphatic heterocycles. The van der Waals surface area contributed by atoms with Crippen LogP contribution in [0.1, 0.15) is 30.0 Å². The van der Waals surface area contributed by atoms with Crippen LogP contribution in [0.4, 0.5) is 0 Å². The maximum atomic E-state index is 12.2. The summed E-state index contributed by atoms with van der Waals surface area (Å²) in [6.45, 7) is 6.71. The largest absolute Gasteiger partial charge is 0.457 e. The van der Waals surface area contributed by atoms with E-state index in [1.165, 1.54) is 6.92 Å². The second-order valence-corrected chi connectivity index (χ2v) is 9.33. The van der Waals surface area contributed by atoms with Gasteiger partial charge in [0.1, 0.15) is 24.4 Å². The lowest BCUT2D eigenvalue weighted by Gasteiger charge is -2.45. The Bertz CT molecular complexity index is 1100. The predicted octanol–water partition coefficient (Wildman–Crippen LogP) is 5.65. The third-order valence-corrected chi connectivity index (χ3v) is 6.40. The number of ether oxygens (including phenoxy) is 5. The molecule has 6 nitrogen and oxygen atoms in total. The van der Waals surface area contributed by atoms with Crippen molar-refractivity contribution in [3.8, 4) is 0 Å². The quantitative estimate of drug-likeness (QED) is 0.216. The Morgan fingerprint density at radius 1 is 0.737 bits per heavy atom. The first kappa shape index (κ1) is 27.7. The first-order valence-electron chi connectivity index (χ1n) is 13.0. The van der Waals surface area contributed by atoms with Gasteiger partial charge in [-0.05, 0) is 23.1 Å². The summed E-state index contributed by atoms with van der Waals surface area (Å²) in [5, 5.41) is 0. The van der Waals surface area contributed by atoms with Gasteiger partial charge in [-0.25, -0.2) is 0 Å². The number of carbonyl (C=O) groups is 1. The molecule has 0 bridgehead atoms. The molecule has 4 rings (SSSR count). The van der Waals surface area contributed by atoms with Crippen molar-refractivity contribution in [3.05, 3.63) is 120 Å². The second kappa shape index (κ2) is 14.6. The molecular weight excluding hydrogens is 480 g/mol. The Morgan fingerprint density at radius 2 is 1.24 bits per heavy atom. The summed E-state index contributed by atoms with van der Waals surface area (Å²) >= 11 is 0. The number of hydrogen-bond donors (Lipinski definition) is 0. The van der Waals surface area contributed by atoms with Gasteiger partial charge in [0.05, 0.1) is 26.4 Å². The fraction of sp³-hybridized carbons (Fsp3) is 0.344. The minimum absolute atomic E-state index is 0.292. The van der Waals surface area contributed by atoms with Crippen molar-refractivity contribution in [1.29, 1.82) is 0 Å². The minimum Gasteiger partial charge on any atom is -0.457 e. The van der Waals surface area contributed by atoms with Gasteiger partial charge < -0.3 is 23.7 Å². The molecule has 3 aromatic rings. The maximum Gasteiger partial charge on any atom is 0.303 e. The summed E-state index contributed by atoms with van der Waals surface area (Å²) in [6, 6.07) is 29.8. The van der Waals surface area contributed by atoms with Gasteiger partial charge in [0.25, 0.3) is 0 Å².